The Hall–Kier alpha value is -4.20. The highest BCUT2D eigenvalue weighted by Gasteiger charge is 2.11. The Labute approximate surface area is 192 Å². The highest BCUT2D eigenvalue weighted by atomic mass is 16.5. The van der Waals surface area contributed by atoms with E-state index in [4.69, 9.17) is 4.74 Å². The molecule has 8 heteroatoms. The quantitative estimate of drug-likeness (QED) is 0.417. The van der Waals surface area contributed by atoms with Crippen LogP contribution in [0.2, 0.25) is 0 Å². The van der Waals surface area contributed by atoms with Crippen LogP contribution in [0, 0.1) is 34.6 Å². The van der Waals surface area contributed by atoms with Crippen molar-refractivity contribution in [1.82, 2.24) is 20.0 Å². The predicted molar refractivity (Wildman–Crippen MR) is 128 cm³/mol. The van der Waals surface area contributed by atoms with Gasteiger partial charge in [-0.05, 0) is 93.8 Å². The number of rotatable bonds is 5. The molecule has 0 atom stereocenters. The fourth-order valence-corrected chi connectivity index (χ4v) is 3.26. The molecular weight excluding hydrogens is 416 g/mol. The molecule has 2 amide bonds. The fourth-order valence-electron chi connectivity index (χ4n) is 3.26. The number of carbonyl (C=O) groups excluding carboxylic acids is 1. The van der Waals surface area contributed by atoms with Crippen molar-refractivity contribution in [2.45, 2.75) is 34.6 Å². The van der Waals surface area contributed by atoms with Gasteiger partial charge in [0.05, 0.1) is 5.69 Å². The Balaban J connectivity index is 1.36. The van der Waals surface area contributed by atoms with Gasteiger partial charge < -0.3 is 15.4 Å². The van der Waals surface area contributed by atoms with Crippen LogP contribution in [0.1, 0.15) is 28.1 Å². The lowest BCUT2D eigenvalue weighted by molar-refractivity contribution is 0.262. The van der Waals surface area contributed by atoms with Crippen LogP contribution in [-0.4, -0.2) is 26.0 Å². The third kappa shape index (κ3) is 5.01. The summed E-state index contributed by atoms with van der Waals surface area (Å²) < 4.78 is 7.55. The number of carbonyl (C=O) groups is 1. The summed E-state index contributed by atoms with van der Waals surface area (Å²) in [7, 11) is 0. The molecule has 0 saturated carbocycles. The van der Waals surface area contributed by atoms with Crippen LogP contribution in [0.25, 0.3) is 5.82 Å². The van der Waals surface area contributed by atoms with Crippen LogP contribution in [0.15, 0.2) is 54.6 Å². The van der Waals surface area contributed by atoms with Crippen molar-refractivity contribution in [3.63, 3.8) is 0 Å². The summed E-state index contributed by atoms with van der Waals surface area (Å²) in [5.41, 5.74) is 6.81. The molecule has 0 bridgehead atoms. The van der Waals surface area contributed by atoms with E-state index in [1.807, 2.05) is 58.9 Å². The molecule has 0 fully saturated rings. The van der Waals surface area contributed by atoms with E-state index in [9.17, 15) is 4.79 Å². The molecule has 2 aromatic heterocycles. The van der Waals surface area contributed by atoms with E-state index in [0.717, 1.165) is 28.2 Å². The molecule has 2 N–H and O–H groups in total. The van der Waals surface area contributed by atoms with Crippen LogP contribution in [0.3, 0.4) is 0 Å². The Morgan fingerprint density at radius 3 is 2.12 bits per heavy atom. The third-order valence-electron chi connectivity index (χ3n) is 5.60. The topological polar surface area (TPSA) is 94.0 Å². The van der Waals surface area contributed by atoms with Gasteiger partial charge in [0, 0.05) is 23.1 Å². The second-order valence-electron chi connectivity index (χ2n) is 7.94. The van der Waals surface area contributed by atoms with Crippen molar-refractivity contribution in [2.24, 2.45) is 0 Å². The first-order valence-corrected chi connectivity index (χ1v) is 10.6. The second-order valence-corrected chi connectivity index (χ2v) is 7.94. The smallest absolute Gasteiger partial charge is 0.323 e. The van der Waals surface area contributed by atoms with Crippen LogP contribution in [0.4, 0.5) is 16.2 Å². The maximum Gasteiger partial charge on any atom is 0.323 e. The molecular formula is C25H26N6O2. The summed E-state index contributed by atoms with van der Waals surface area (Å²) in [5.74, 6) is 1.58. The molecule has 0 saturated heterocycles. The number of nitrogens with one attached hydrogen (secondary N) is 2. The van der Waals surface area contributed by atoms with Gasteiger partial charge in [-0.2, -0.15) is 5.10 Å². The van der Waals surface area contributed by atoms with Gasteiger partial charge in [-0.25, -0.2) is 9.48 Å². The van der Waals surface area contributed by atoms with Crippen molar-refractivity contribution in [3.05, 3.63) is 82.7 Å². The van der Waals surface area contributed by atoms with Crippen molar-refractivity contribution in [2.75, 3.05) is 10.6 Å². The van der Waals surface area contributed by atoms with E-state index in [1.54, 1.807) is 35.0 Å². The molecule has 8 nitrogen and oxygen atoms in total. The van der Waals surface area contributed by atoms with E-state index in [-0.39, 0.29) is 6.03 Å². The first-order chi connectivity index (χ1) is 15.8. The van der Waals surface area contributed by atoms with Crippen LogP contribution in [0.5, 0.6) is 11.6 Å². The monoisotopic (exact) mass is 442 g/mol. The van der Waals surface area contributed by atoms with E-state index >= 15 is 0 Å². The van der Waals surface area contributed by atoms with Gasteiger partial charge in [-0.1, -0.05) is 6.07 Å². The highest BCUT2D eigenvalue weighted by molar-refractivity contribution is 5.99. The Morgan fingerprint density at radius 1 is 0.818 bits per heavy atom. The molecule has 33 heavy (non-hydrogen) atoms. The molecule has 2 aromatic carbocycles. The van der Waals surface area contributed by atoms with Gasteiger partial charge in [-0.15, -0.1) is 10.2 Å². The molecule has 0 aliphatic rings. The molecule has 0 spiro atoms. The molecule has 2 heterocycles. The minimum atomic E-state index is -0.312. The Bertz CT molecular complexity index is 1290. The average molecular weight is 443 g/mol. The van der Waals surface area contributed by atoms with E-state index in [2.05, 4.69) is 25.9 Å². The zero-order valence-corrected chi connectivity index (χ0v) is 19.3. The van der Waals surface area contributed by atoms with Crippen molar-refractivity contribution >= 4 is 17.4 Å². The number of amides is 2. The number of ether oxygens (including phenoxy) is 1. The van der Waals surface area contributed by atoms with Gasteiger partial charge in [0.25, 0.3) is 0 Å². The lowest BCUT2D eigenvalue weighted by Crippen LogP contribution is -2.19. The number of hydrogen-bond donors (Lipinski definition) is 2. The van der Waals surface area contributed by atoms with E-state index in [0.29, 0.717) is 23.1 Å². The summed E-state index contributed by atoms with van der Waals surface area (Å²) >= 11 is 0. The van der Waals surface area contributed by atoms with Gasteiger partial charge >= 0.3 is 6.03 Å². The number of benzene rings is 2. The number of urea groups is 1. The Morgan fingerprint density at radius 2 is 1.52 bits per heavy atom. The number of nitrogens with zero attached hydrogens (tertiary/aromatic N) is 4. The molecule has 4 rings (SSSR count). The van der Waals surface area contributed by atoms with Crippen LogP contribution in [-0.2, 0) is 0 Å². The molecule has 0 unspecified atom stereocenters. The van der Waals surface area contributed by atoms with Crippen molar-refractivity contribution < 1.29 is 9.53 Å². The molecule has 0 aliphatic carbocycles. The molecule has 168 valence electrons. The molecule has 4 aromatic rings. The van der Waals surface area contributed by atoms with Crippen LogP contribution >= 0.6 is 0 Å². The maximum absolute atomic E-state index is 12.3. The van der Waals surface area contributed by atoms with Gasteiger partial charge in [0.15, 0.2) is 5.82 Å². The molecule has 0 radical (unpaired) electrons. The lowest BCUT2D eigenvalue weighted by Gasteiger charge is -2.10. The fraction of sp³-hybridized carbons (Fsp3) is 0.200. The van der Waals surface area contributed by atoms with Gasteiger partial charge in [0.1, 0.15) is 5.75 Å². The van der Waals surface area contributed by atoms with Gasteiger partial charge in [-0.3, -0.25) is 0 Å². The van der Waals surface area contributed by atoms with Gasteiger partial charge in [0.2, 0.25) is 5.88 Å². The van der Waals surface area contributed by atoms with E-state index < -0.39 is 0 Å². The SMILES string of the molecule is Cc1ccc(NC(=O)Nc2ccc(Oc3ccc(-n4nc(C)c(C)c4C)nn3)cc2)cc1C. The zero-order valence-electron chi connectivity index (χ0n) is 19.3. The summed E-state index contributed by atoms with van der Waals surface area (Å²) in [6.07, 6.45) is 0. The maximum atomic E-state index is 12.3. The first-order valence-electron chi connectivity index (χ1n) is 10.6. The third-order valence-corrected chi connectivity index (χ3v) is 5.60. The standard InChI is InChI=1S/C25H26N6O2/c1-15-6-7-21(14-16(15)2)27-25(32)26-20-8-10-22(11-9-20)33-24-13-12-23(28-29-24)31-19(5)17(3)18(4)30-31/h6-14H,1-5H3,(H2,26,27,32). The second kappa shape index (κ2) is 9.12. The normalized spacial score (nSPS) is 10.7. The minimum Gasteiger partial charge on any atom is -0.438 e. The average Bonchev–Trinajstić information content (AvgIpc) is 3.05. The predicted octanol–water partition coefficient (Wildman–Crippen LogP) is 5.64. The summed E-state index contributed by atoms with van der Waals surface area (Å²) in [6, 6.07) is 16.1. The number of hydrogen-bond acceptors (Lipinski definition) is 5. The van der Waals surface area contributed by atoms with Crippen LogP contribution < -0.4 is 15.4 Å². The first kappa shape index (κ1) is 22.0. The zero-order chi connectivity index (χ0) is 23.5. The largest absolute Gasteiger partial charge is 0.438 e. The Kier molecular flexibility index (Phi) is 6.08. The number of anilines is 2. The van der Waals surface area contributed by atoms with E-state index in [1.165, 1.54) is 5.56 Å². The number of aromatic nitrogens is 4. The highest BCUT2D eigenvalue weighted by Crippen LogP contribution is 2.23. The summed E-state index contributed by atoms with van der Waals surface area (Å²) in [6.45, 7) is 10.0. The van der Waals surface area contributed by atoms with Crippen molar-refractivity contribution in [3.8, 4) is 17.4 Å². The minimum absolute atomic E-state index is 0.312. The summed E-state index contributed by atoms with van der Waals surface area (Å²) in [4.78, 5) is 12.3. The molecule has 0 aliphatic heterocycles. The lowest BCUT2D eigenvalue weighted by atomic mass is 10.1. The number of aryl methyl sites for hydroxylation is 3. The van der Waals surface area contributed by atoms with Crippen molar-refractivity contribution in [1.29, 1.82) is 0 Å². The summed E-state index contributed by atoms with van der Waals surface area (Å²) in [5, 5.41) is 18.5.